The molecule has 4 aromatic rings. The summed E-state index contributed by atoms with van der Waals surface area (Å²) in [6.07, 6.45) is 4.44. The maximum Gasteiger partial charge on any atom is 0.407 e. The average Bonchev–Trinajstić information content (AvgIpc) is 3.73. The molecule has 1 aromatic heterocycles. The van der Waals surface area contributed by atoms with Crippen molar-refractivity contribution in [2.45, 2.75) is 57.3 Å². The summed E-state index contributed by atoms with van der Waals surface area (Å²) in [5.74, 6) is -1.50. The molecule has 1 aliphatic carbocycles. The lowest BCUT2D eigenvalue weighted by atomic mass is 10.0. The zero-order chi connectivity index (χ0) is 33.0. The SMILES string of the molecule is Cn1ccc2cccc(CN[C@@H](CCCNC(=O)OCc3ccccc3)C(=O)N[C@H]3CCC[C@H]3C(=O)OCC(=O)c3ccccc3)c21. The van der Waals surface area contributed by atoms with Crippen molar-refractivity contribution >= 4 is 34.7 Å². The third-order valence-corrected chi connectivity index (χ3v) is 8.58. The van der Waals surface area contributed by atoms with Crippen molar-refractivity contribution in [2.24, 2.45) is 13.0 Å². The van der Waals surface area contributed by atoms with E-state index in [0.29, 0.717) is 44.3 Å². The Bertz CT molecular complexity index is 1660. The summed E-state index contributed by atoms with van der Waals surface area (Å²) in [5.41, 5.74) is 3.52. The van der Waals surface area contributed by atoms with Crippen LogP contribution >= 0.6 is 0 Å². The van der Waals surface area contributed by atoms with E-state index in [-0.39, 0.29) is 24.9 Å². The van der Waals surface area contributed by atoms with Gasteiger partial charge in [-0.1, -0.05) is 85.3 Å². The lowest BCUT2D eigenvalue weighted by Gasteiger charge is -2.24. The predicted molar refractivity (Wildman–Crippen MR) is 178 cm³/mol. The summed E-state index contributed by atoms with van der Waals surface area (Å²) in [4.78, 5) is 51.4. The Morgan fingerprint density at radius 3 is 2.45 bits per heavy atom. The number of Topliss-reactive ketones (excluding diaryl/α,β-unsaturated/α-hetero) is 1. The zero-order valence-electron chi connectivity index (χ0n) is 26.7. The molecule has 10 heteroatoms. The number of fused-ring (bicyclic) bond motifs is 1. The molecule has 1 saturated carbocycles. The predicted octanol–water partition coefficient (Wildman–Crippen LogP) is 5.05. The first kappa shape index (κ1) is 33.4. The summed E-state index contributed by atoms with van der Waals surface area (Å²) in [5, 5.41) is 10.4. The highest BCUT2D eigenvalue weighted by Crippen LogP contribution is 2.27. The van der Waals surface area contributed by atoms with Gasteiger partial charge in [-0.2, -0.15) is 0 Å². The molecule has 0 unspecified atom stereocenters. The number of ketones is 1. The summed E-state index contributed by atoms with van der Waals surface area (Å²) in [7, 11) is 1.99. The third kappa shape index (κ3) is 9.29. The molecule has 0 aliphatic heterocycles. The molecule has 3 aromatic carbocycles. The van der Waals surface area contributed by atoms with Gasteiger partial charge in [-0.3, -0.25) is 14.4 Å². The van der Waals surface area contributed by atoms with Gasteiger partial charge in [0, 0.05) is 37.9 Å². The fraction of sp³-hybridized carbons (Fsp3) is 0.351. The smallest absolute Gasteiger partial charge is 0.407 e. The first-order chi connectivity index (χ1) is 22.9. The topological polar surface area (TPSA) is 128 Å². The van der Waals surface area contributed by atoms with Gasteiger partial charge >= 0.3 is 12.1 Å². The highest BCUT2D eigenvalue weighted by molar-refractivity contribution is 5.98. The fourth-order valence-electron chi connectivity index (χ4n) is 6.06. The molecule has 10 nitrogen and oxygen atoms in total. The number of carbonyl (C=O) groups excluding carboxylic acids is 4. The van der Waals surface area contributed by atoms with Crippen LogP contribution in [0.15, 0.2) is 91.1 Å². The lowest BCUT2D eigenvalue weighted by Crippen LogP contribution is -2.50. The van der Waals surface area contributed by atoms with Crippen molar-refractivity contribution < 1.29 is 28.7 Å². The van der Waals surface area contributed by atoms with Crippen molar-refractivity contribution in [1.29, 1.82) is 0 Å². The second-order valence-corrected chi connectivity index (χ2v) is 11.9. The number of benzene rings is 3. The number of carbonyl (C=O) groups is 4. The Morgan fingerprint density at radius 2 is 1.66 bits per heavy atom. The second-order valence-electron chi connectivity index (χ2n) is 11.9. The number of aryl methyl sites for hydroxylation is 1. The Labute approximate surface area is 274 Å². The van der Waals surface area contributed by atoms with Crippen molar-refractivity contribution in [2.75, 3.05) is 13.2 Å². The Hall–Kier alpha value is -4.96. The quantitative estimate of drug-likeness (QED) is 0.0945. The van der Waals surface area contributed by atoms with E-state index < -0.39 is 30.1 Å². The molecular formula is C37H42N4O6. The van der Waals surface area contributed by atoms with Gasteiger partial charge in [0.25, 0.3) is 0 Å². The maximum absolute atomic E-state index is 13.7. The fourth-order valence-corrected chi connectivity index (χ4v) is 6.06. The number of nitrogens with one attached hydrogen (secondary N) is 3. The molecule has 0 bridgehead atoms. The monoisotopic (exact) mass is 638 g/mol. The molecule has 47 heavy (non-hydrogen) atoms. The van der Waals surface area contributed by atoms with Gasteiger partial charge in [0.2, 0.25) is 5.91 Å². The third-order valence-electron chi connectivity index (χ3n) is 8.58. The molecule has 3 N–H and O–H groups in total. The lowest BCUT2D eigenvalue weighted by molar-refractivity contribution is -0.148. The van der Waals surface area contributed by atoms with Crippen LogP contribution in [0.25, 0.3) is 10.9 Å². The van der Waals surface area contributed by atoms with Crippen molar-refractivity contribution in [3.8, 4) is 0 Å². The molecular weight excluding hydrogens is 596 g/mol. The number of para-hydroxylation sites is 1. The van der Waals surface area contributed by atoms with Gasteiger partial charge in [-0.05, 0) is 48.3 Å². The normalized spacial score (nSPS) is 16.4. The van der Waals surface area contributed by atoms with Crippen molar-refractivity contribution in [1.82, 2.24) is 20.5 Å². The van der Waals surface area contributed by atoms with Crippen LogP contribution in [0.1, 0.15) is 53.6 Å². The van der Waals surface area contributed by atoms with E-state index in [2.05, 4.69) is 32.7 Å². The minimum Gasteiger partial charge on any atom is -0.457 e. The van der Waals surface area contributed by atoms with E-state index in [0.717, 1.165) is 28.5 Å². The van der Waals surface area contributed by atoms with Crippen molar-refractivity contribution in [3.05, 3.63) is 108 Å². The highest BCUT2D eigenvalue weighted by Gasteiger charge is 2.36. The number of alkyl carbamates (subject to hydrolysis) is 1. The molecule has 1 aliphatic rings. The second kappa shape index (κ2) is 16.6. The highest BCUT2D eigenvalue weighted by atomic mass is 16.5. The summed E-state index contributed by atoms with van der Waals surface area (Å²) >= 11 is 0. The van der Waals surface area contributed by atoms with Crippen LogP contribution < -0.4 is 16.0 Å². The van der Waals surface area contributed by atoms with Gasteiger partial charge in [-0.25, -0.2) is 4.79 Å². The Balaban J connectivity index is 1.17. The van der Waals surface area contributed by atoms with Crippen LogP contribution in [0.5, 0.6) is 0 Å². The molecule has 0 spiro atoms. The number of hydrogen-bond donors (Lipinski definition) is 3. The largest absolute Gasteiger partial charge is 0.457 e. The van der Waals surface area contributed by atoms with Crippen LogP contribution in [-0.4, -0.2) is 53.6 Å². The Morgan fingerprint density at radius 1 is 0.894 bits per heavy atom. The minimum absolute atomic E-state index is 0.176. The number of rotatable bonds is 15. The van der Waals surface area contributed by atoms with Gasteiger partial charge in [0.15, 0.2) is 12.4 Å². The number of amides is 2. The maximum atomic E-state index is 13.7. The van der Waals surface area contributed by atoms with E-state index in [9.17, 15) is 19.2 Å². The molecule has 0 saturated heterocycles. The van der Waals surface area contributed by atoms with E-state index in [1.165, 1.54) is 0 Å². The van der Waals surface area contributed by atoms with Gasteiger partial charge in [0.1, 0.15) is 6.61 Å². The van der Waals surface area contributed by atoms with Crippen LogP contribution in [0.4, 0.5) is 4.79 Å². The van der Waals surface area contributed by atoms with Crippen LogP contribution in [0, 0.1) is 5.92 Å². The molecule has 5 rings (SSSR count). The van der Waals surface area contributed by atoms with E-state index in [4.69, 9.17) is 9.47 Å². The summed E-state index contributed by atoms with van der Waals surface area (Å²) in [6.45, 7) is 0.628. The summed E-state index contributed by atoms with van der Waals surface area (Å²) < 4.78 is 12.8. The first-order valence-corrected chi connectivity index (χ1v) is 16.1. The molecule has 0 radical (unpaired) electrons. The van der Waals surface area contributed by atoms with Crippen LogP contribution in [0.2, 0.25) is 0 Å². The first-order valence-electron chi connectivity index (χ1n) is 16.1. The van der Waals surface area contributed by atoms with E-state index in [1.54, 1.807) is 24.3 Å². The standard InChI is InChI=1S/C37H42N4O6/c1-41-22-20-28-15-8-16-29(34(28)41)23-39-32(19-10-21-38-37(45)47-24-26-11-4-2-5-12-26)35(43)40-31-18-9-17-30(31)36(44)46-25-33(42)27-13-6-3-7-14-27/h2-8,11-16,20,22,30-32,39H,9-10,17-19,21,23-25H2,1H3,(H,38,45)(H,40,43)/t30-,31+,32+/m1/s1. The number of aromatic nitrogens is 1. The average molecular weight is 639 g/mol. The number of hydrogen-bond acceptors (Lipinski definition) is 7. The van der Waals surface area contributed by atoms with E-state index in [1.807, 2.05) is 61.8 Å². The zero-order valence-corrected chi connectivity index (χ0v) is 26.7. The van der Waals surface area contributed by atoms with Gasteiger partial charge in [-0.15, -0.1) is 0 Å². The molecule has 2 amide bonds. The number of nitrogens with zero attached hydrogens (tertiary/aromatic N) is 1. The number of ether oxygens (including phenoxy) is 2. The summed E-state index contributed by atoms with van der Waals surface area (Å²) in [6, 6.07) is 25.3. The van der Waals surface area contributed by atoms with E-state index >= 15 is 0 Å². The molecule has 3 atom stereocenters. The van der Waals surface area contributed by atoms with Gasteiger partial charge < -0.3 is 30.0 Å². The van der Waals surface area contributed by atoms with Gasteiger partial charge in [0.05, 0.1) is 17.5 Å². The van der Waals surface area contributed by atoms with Crippen molar-refractivity contribution in [3.63, 3.8) is 0 Å². The molecule has 246 valence electrons. The van der Waals surface area contributed by atoms with Crippen LogP contribution in [0.3, 0.4) is 0 Å². The molecule has 1 heterocycles. The van der Waals surface area contributed by atoms with Crippen LogP contribution in [-0.2, 0) is 39.3 Å². The number of esters is 1. The Kier molecular flexibility index (Phi) is 11.8. The molecule has 1 fully saturated rings. The minimum atomic E-state index is -0.579.